The highest BCUT2D eigenvalue weighted by Crippen LogP contribution is 2.14. The molecule has 2 aromatic rings. The van der Waals surface area contributed by atoms with Gasteiger partial charge in [0.2, 0.25) is 0 Å². The molecule has 0 aromatic heterocycles. The molecule has 2 rings (SSSR count). The average molecular weight is 272 g/mol. The molecule has 0 unspecified atom stereocenters. The third kappa shape index (κ3) is 3.83. The number of hydrogen-bond donors (Lipinski definition) is 2. The Bertz CT molecular complexity index is 528. The molecular formula is C17H22NO2+. The molecule has 3 nitrogen and oxygen atoms in total. The van der Waals surface area contributed by atoms with E-state index in [4.69, 9.17) is 4.74 Å². The van der Waals surface area contributed by atoms with Crippen molar-refractivity contribution in [2.75, 3.05) is 7.11 Å². The molecule has 0 bridgehead atoms. The lowest BCUT2D eigenvalue weighted by molar-refractivity contribution is -0.709. The maximum absolute atomic E-state index is 10.3. The number of nitrogens with two attached hydrogens (primary N) is 1. The van der Waals surface area contributed by atoms with Crippen molar-refractivity contribution in [3.8, 4) is 5.75 Å². The zero-order chi connectivity index (χ0) is 14.4. The lowest BCUT2D eigenvalue weighted by Gasteiger charge is -2.18. The first-order chi connectivity index (χ1) is 9.70. The summed E-state index contributed by atoms with van der Waals surface area (Å²) in [6, 6.07) is 17.9. The second-order valence-electron chi connectivity index (χ2n) is 5.01. The second-order valence-corrected chi connectivity index (χ2v) is 5.01. The second kappa shape index (κ2) is 7.08. The summed E-state index contributed by atoms with van der Waals surface area (Å²) in [6.45, 7) is 2.86. The van der Waals surface area contributed by atoms with E-state index < -0.39 is 6.10 Å². The Morgan fingerprint density at radius 3 is 2.55 bits per heavy atom. The van der Waals surface area contributed by atoms with Crippen molar-refractivity contribution in [3.05, 3.63) is 65.7 Å². The zero-order valence-electron chi connectivity index (χ0n) is 12.0. The van der Waals surface area contributed by atoms with Crippen molar-refractivity contribution in [3.63, 3.8) is 0 Å². The van der Waals surface area contributed by atoms with Gasteiger partial charge in [-0.25, -0.2) is 0 Å². The van der Waals surface area contributed by atoms with Gasteiger partial charge >= 0.3 is 0 Å². The van der Waals surface area contributed by atoms with Crippen LogP contribution in [-0.4, -0.2) is 18.3 Å². The smallest absolute Gasteiger partial charge is 0.130 e. The molecule has 0 amide bonds. The average Bonchev–Trinajstić information content (AvgIpc) is 2.53. The standard InChI is InChI=1S/C17H21NO2/c1-13(17(19)15-8-4-3-5-9-15)18-12-14-7-6-10-16(11-14)20-2/h3-11,13,17-19H,12H2,1-2H3/p+1/t13-,17-/m1/s1. The van der Waals surface area contributed by atoms with Gasteiger partial charge in [-0.15, -0.1) is 0 Å². The molecule has 0 spiro atoms. The highest BCUT2D eigenvalue weighted by atomic mass is 16.5. The van der Waals surface area contributed by atoms with Gasteiger partial charge in [0.15, 0.2) is 0 Å². The van der Waals surface area contributed by atoms with Crippen LogP contribution >= 0.6 is 0 Å². The summed E-state index contributed by atoms with van der Waals surface area (Å²) in [4.78, 5) is 0. The number of benzene rings is 2. The maximum atomic E-state index is 10.3. The van der Waals surface area contributed by atoms with Crippen molar-refractivity contribution in [2.45, 2.75) is 25.6 Å². The number of ether oxygens (including phenoxy) is 1. The predicted molar refractivity (Wildman–Crippen MR) is 79.5 cm³/mol. The van der Waals surface area contributed by atoms with Gasteiger partial charge in [-0.1, -0.05) is 42.5 Å². The Hall–Kier alpha value is -1.84. The van der Waals surface area contributed by atoms with Crippen LogP contribution in [0.3, 0.4) is 0 Å². The van der Waals surface area contributed by atoms with Crippen LogP contribution in [-0.2, 0) is 6.54 Å². The van der Waals surface area contributed by atoms with Gasteiger partial charge in [-0.05, 0) is 24.6 Å². The van der Waals surface area contributed by atoms with Crippen LogP contribution in [0.4, 0.5) is 0 Å². The molecule has 0 fully saturated rings. The van der Waals surface area contributed by atoms with Gasteiger partial charge in [-0.2, -0.15) is 0 Å². The molecule has 2 aromatic carbocycles. The summed E-state index contributed by atoms with van der Waals surface area (Å²) in [7, 11) is 1.67. The third-order valence-corrected chi connectivity index (χ3v) is 3.50. The van der Waals surface area contributed by atoms with Gasteiger partial charge in [0.05, 0.1) is 7.11 Å². The number of methoxy groups -OCH3 is 1. The molecule has 0 aliphatic heterocycles. The highest BCUT2D eigenvalue weighted by molar-refractivity contribution is 5.27. The van der Waals surface area contributed by atoms with Crippen molar-refractivity contribution < 1.29 is 15.2 Å². The fourth-order valence-corrected chi connectivity index (χ4v) is 2.20. The molecule has 2 atom stereocenters. The van der Waals surface area contributed by atoms with Crippen LogP contribution in [0.5, 0.6) is 5.75 Å². The quantitative estimate of drug-likeness (QED) is 0.843. The lowest BCUT2D eigenvalue weighted by atomic mass is 10.0. The van der Waals surface area contributed by atoms with Crippen molar-refractivity contribution in [2.24, 2.45) is 0 Å². The van der Waals surface area contributed by atoms with E-state index in [2.05, 4.69) is 11.4 Å². The van der Waals surface area contributed by atoms with E-state index in [1.807, 2.05) is 55.5 Å². The fourth-order valence-electron chi connectivity index (χ4n) is 2.20. The molecule has 0 aliphatic carbocycles. The topological polar surface area (TPSA) is 46.1 Å². The van der Waals surface area contributed by atoms with Crippen LogP contribution in [0.25, 0.3) is 0 Å². The van der Waals surface area contributed by atoms with Crippen LogP contribution in [0.1, 0.15) is 24.2 Å². The van der Waals surface area contributed by atoms with Crippen LogP contribution in [0.2, 0.25) is 0 Å². The van der Waals surface area contributed by atoms with Gasteiger partial charge in [0.25, 0.3) is 0 Å². The van der Waals surface area contributed by atoms with E-state index in [9.17, 15) is 5.11 Å². The molecule has 0 radical (unpaired) electrons. The van der Waals surface area contributed by atoms with E-state index >= 15 is 0 Å². The molecule has 0 saturated heterocycles. The number of aliphatic hydroxyl groups excluding tert-OH is 1. The summed E-state index contributed by atoms with van der Waals surface area (Å²) >= 11 is 0. The zero-order valence-corrected chi connectivity index (χ0v) is 12.0. The summed E-state index contributed by atoms with van der Waals surface area (Å²) in [5.41, 5.74) is 2.15. The van der Waals surface area contributed by atoms with Crippen LogP contribution < -0.4 is 10.1 Å². The molecule has 3 heteroatoms. The number of hydrogen-bond acceptors (Lipinski definition) is 2. The summed E-state index contributed by atoms with van der Waals surface area (Å²) in [5.74, 6) is 0.868. The molecule has 0 saturated carbocycles. The lowest BCUT2D eigenvalue weighted by Crippen LogP contribution is -2.88. The number of rotatable bonds is 6. The predicted octanol–water partition coefficient (Wildman–Crippen LogP) is 1.88. The van der Waals surface area contributed by atoms with E-state index in [-0.39, 0.29) is 6.04 Å². The minimum Gasteiger partial charge on any atom is -0.497 e. The largest absolute Gasteiger partial charge is 0.497 e. The summed E-state index contributed by atoms with van der Waals surface area (Å²) in [5, 5.41) is 12.5. The summed E-state index contributed by atoms with van der Waals surface area (Å²) in [6.07, 6.45) is -0.457. The maximum Gasteiger partial charge on any atom is 0.130 e. The Labute approximate surface area is 120 Å². The Morgan fingerprint density at radius 1 is 1.10 bits per heavy atom. The van der Waals surface area contributed by atoms with Gasteiger partial charge in [0, 0.05) is 5.56 Å². The molecular weight excluding hydrogens is 250 g/mol. The Balaban J connectivity index is 1.93. The van der Waals surface area contributed by atoms with E-state index in [1.165, 1.54) is 5.56 Å². The third-order valence-electron chi connectivity index (χ3n) is 3.50. The van der Waals surface area contributed by atoms with Crippen LogP contribution in [0, 0.1) is 0 Å². The highest BCUT2D eigenvalue weighted by Gasteiger charge is 2.18. The van der Waals surface area contributed by atoms with Gasteiger partial charge in [-0.3, -0.25) is 0 Å². The fraction of sp³-hybridized carbons (Fsp3) is 0.294. The molecule has 3 N–H and O–H groups in total. The van der Waals surface area contributed by atoms with Gasteiger partial charge in [0.1, 0.15) is 24.4 Å². The first-order valence-corrected chi connectivity index (χ1v) is 6.90. The van der Waals surface area contributed by atoms with Crippen molar-refractivity contribution >= 4 is 0 Å². The Kier molecular flexibility index (Phi) is 5.16. The normalized spacial score (nSPS) is 13.8. The minimum atomic E-state index is -0.457. The molecule has 0 aliphatic rings. The Morgan fingerprint density at radius 2 is 1.85 bits per heavy atom. The first-order valence-electron chi connectivity index (χ1n) is 6.90. The van der Waals surface area contributed by atoms with E-state index in [1.54, 1.807) is 7.11 Å². The van der Waals surface area contributed by atoms with E-state index in [0.717, 1.165) is 17.9 Å². The molecule has 0 heterocycles. The number of aliphatic hydroxyl groups is 1. The van der Waals surface area contributed by atoms with Crippen molar-refractivity contribution in [1.29, 1.82) is 0 Å². The molecule has 106 valence electrons. The van der Waals surface area contributed by atoms with Gasteiger partial charge < -0.3 is 15.2 Å². The van der Waals surface area contributed by atoms with E-state index in [0.29, 0.717) is 0 Å². The molecule has 20 heavy (non-hydrogen) atoms. The van der Waals surface area contributed by atoms with Crippen molar-refractivity contribution in [1.82, 2.24) is 0 Å². The monoisotopic (exact) mass is 272 g/mol. The SMILES string of the molecule is COc1cccc(C[NH2+][C@H](C)[C@@H](O)c2ccccc2)c1. The summed E-state index contributed by atoms with van der Waals surface area (Å²) < 4.78 is 5.22. The minimum absolute atomic E-state index is 0.101. The van der Waals surface area contributed by atoms with Crippen LogP contribution in [0.15, 0.2) is 54.6 Å². The first kappa shape index (κ1) is 14.6. The number of quaternary nitrogens is 1.